The van der Waals surface area contributed by atoms with Gasteiger partial charge < -0.3 is 14.4 Å². The molecule has 0 bridgehead atoms. The molecule has 0 heterocycles. The third kappa shape index (κ3) is 4.13. The smallest absolute Gasteiger partial charge is 0.227 e. The van der Waals surface area contributed by atoms with Crippen LogP contribution >= 0.6 is 0 Å². The molecule has 1 aliphatic carbocycles. The van der Waals surface area contributed by atoms with Crippen LogP contribution in [0, 0.1) is 5.92 Å². The lowest BCUT2D eigenvalue weighted by Gasteiger charge is -2.24. The van der Waals surface area contributed by atoms with Gasteiger partial charge in [0.1, 0.15) is 0 Å². The summed E-state index contributed by atoms with van der Waals surface area (Å²) < 4.78 is 10.5. The molecular formula is C17H25NO3. The number of nitrogens with zero attached hydrogens (tertiary/aromatic N) is 1. The quantitative estimate of drug-likeness (QED) is 0.775. The molecule has 1 aliphatic rings. The van der Waals surface area contributed by atoms with Crippen LogP contribution in [0.15, 0.2) is 18.2 Å². The Morgan fingerprint density at radius 1 is 1.24 bits per heavy atom. The van der Waals surface area contributed by atoms with Crippen LogP contribution in [0.3, 0.4) is 0 Å². The third-order valence-corrected chi connectivity index (χ3v) is 3.67. The van der Waals surface area contributed by atoms with E-state index in [0.29, 0.717) is 29.9 Å². The Bertz CT molecular complexity index is 495. The fourth-order valence-electron chi connectivity index (χ4n) is 2.50. The highest BCUT2D eigenvalue weighted by Gasteiger charge is 2.32. The summed E-state index contributed by atoms with van der Waals surface area (Å²) in [7, 11) is 3.22. The molecule has 21 heavy (non-hydrogen) atoms. The molecular weight excluding hydrogens is 266 g/mol. The van der Waals surface area contributed by atoms with E-state index in [1.807, 2.05) is 23.1 Å². The minimum Gasteiger partial charge on any atom is -0.493 e. The maximum absolute atomic E-state index is 12.5. The van der Waals surface area contributed by atoms with Gasteiger partial charge in [-0.1, -0.05) is 19.9 Å². The summed E-state index contributed by atoms with van der Waals surface area (Å²) in [6.07, 6.45) is 2.71. The molecule has 0 aromatic heterocycles. The van der Waals surface area contributed by atoms with Crippen LogP contribution in [-0.2, 0) is 11.2 Å². The van der Waals surface area contributed by atoms with E-state index in [4.69, 9.17) is 9.47 Å². The molecule has 1 saturated carbocycles. The highest BCUT2D eigenvalue weighted by atomic mass is 16.5. The van der Waals surface area contributed by atoms with E-state index in [0.717, 1.165) is 24.9 Å². The van der Waals surface area contributed by atoms with Crippen LogP contribution < -0.4 is 9.47 Å². The van der Waals surface area contributed by atoms with E-state index in [9.17, 15) is 4.79 Å². The van der Waals surface area contributed by atoms with Crippen molar-refractivity contribution in [2.75, 3.05) is 20.8 Å². The Morgan fingerprint density at radius 3 is 2.43 bits per heavy atom. The first-order chi connectivity index (χ1) is 10.0. The zero-order chi connectivity index (χ0) is 15.4. The van der Waals surface area contributed by atoms with Gasteiger partial charge in [0.2, 0.25) is 5.91 Å². The van der Waals surface area contributed by atoms with Gasteiger partial charge in [-0.3, -0.25) is 4.79 Å². The van der Waals surface area contributed by atoms with Crippen molar-refractivity contribution in [1.82, 2.24) is 4.90 Å². The predicted molar refractivity (Wildman–Crippen MR) is 82.8 cm³/mol. The predicted octanol–water partition coefficient (Wildman–Crippen LogP) is 2.89. The van der Waals surface area contributed by atoms with Crippen LogP contribution in [0.5, 0.6) is 11.5 Å². The van der Waals surface area contributed by atoms with E-state index in [1.54, 1.807) is 14.2 Å². The van der Waals surface area contributed by atoms with Crippen molar-refractivity contribution in [3.8, 4) is 11.5 Å². The summed E-state index contributed by atoms with van der Waals surface area (Å²) in [4.78, 5) is 14.6. The number of rotatable bonds is 7. The van der Waals surface area contributed by atoms with Crippen molar-refractivity contribution in [2.24, 2.45) is 5.92 Å². The molecule has 0 unspecified atom stereocenters. The molecule has 1 fully saturated rings. The van der Waals surface area contributed by atoms with Gasteiger partial charge in [0.05, 0.1) is 20.6 Å². The van der Waals surface area contributed by atoms with Crippen molar-refractivity contribution < 1.29 is 14.3 Å². The average molecular weight is 291 g/mol. The van der Waals surface area contributed by atoms with E-state index in [-0.39, 0.29) is 5.91 Å². The second kappa shape index (κ2) is 6.83. The van der Waals surface area contributed by atoms with E-state index < -0.39 is 0 Å². The van der Waals surface area contributed by atoms with Gasteiger partial charge in [-0.05, 0) is 36.5 Å². The molecule has 1 aromatic rings. The fourth-order valence-corrected chi connectivity index (χ4v) is 2.50. The number of benzene rings is 1. The summed E-state index contributed by atoms with van der Waals surface area (Å²) in [6, 6.07) is 6.13. The molecule has 0 radical (unpaired) electrons. The average Bonchev–Trinajstić information content (AvgIpc) is 3.28. The van der Waals surface area contributed by atoms with Gasteiger partial charge >= 0.3 is 0 Å². The van der Waals surface area contributed by atoms with Crippen LogP contribution in [0.4, 0.5) is 0 Å². The van der Waals surface area contributed by atoms with Crippen molar-refractivity contribution >= 4 is 5.91 Å². The monoisotopic (exact) mass is 291 g/mol. The minimum absolute atomic E-state index is 0.207. The summed E-state index contributed by atoms with van der Waals surface area (Å²) in [5, 5.41) is 0. The highest BCUT2D eigenvalue weighted by molar-refractivity contribution is 5.79. The number of hydrogen-bond donors (Lipinski definition) is 0. The summed E-state index contributed by atoms with van der Waals surface area (Å²) in [5.41, 5.74) is 0.965. The van der Waals surface area contributed by atoms with E-state index in [1.165, 1.54) is 0 Å². The van der Waals surface area contributed by atoms with Crippen molar-refractivity contribution in [1.29, 1.82) is 0 Å². The molecule has 4 nitrogen and oxygen atoms in total. The maximum Gasteiger partial charge on any atom is 0.227 e. The Kier molecular flexibility index (Phi) is 5.10. The number of ether oxygens (including phenoxy) is 2. The van der Waals surface area contributed by atoms with Crippen LogP contribution in [0.2, 0.25) is 0 Å². The van der Waals surface area contributed by atoms with Crippen LogP contribution in [0.1, 0.15) is 32.3 Å². The maximum atomic E-state index is 12.5. The number of carbonyl (C=O) groups is 1. The van der Waals surface area contributed by atoms with Crippen molar-refractivity contribution in [3.05, 3.63) is 23.8 Å². The lowest BCUT2D eigenvalue weighted by Crippen LogP contribution is -2.37. The van der Waals surface area contributed by atoms with Crippen molar-refractivity contribution in [2.45, 2.75) is 39.2 Å². The number of amides is 1. The zero-order valence-corrected chi connectivity index (χ0v) is 13.4. The number of hydrogen-bond acceptors (Lipinski definition) is 3. The molecule has 0 N–H and O–H groups in total. The topological polar surface area (TPSA) is 38.8 Å². The number of carbonyl (C=O) groups excluding carboxylic acids is 1. The van der Waals surface area contributed by atoms with E-state index in [2.05, 4.69) is 13.8 Å². The molecule has 1 aromatic carbocycles. The van der Waals surface area contributed by atoms with Gasteiger partial charge in [0, 0.05) is 12.6 Å². The zero-order valence-electron chi connectivity index (χ0n) is 13.4. The first-order valence-electron chi connectivity index (χ1n) is 7.55. The molecule has 0 aliphatic heterocycles. The minimum atomic E-state index is 0.207. The molecule has 4 heteroatoms. The Labute approximate surface area is 127 Å². The SMILES string of the molecule is COc1ccc(CC(=O)N(CC(C)C)C2CC2)cc1OC. The Hall–Kier alpha value is -1.71. The van der Waals surface area contributed by atoms with Crippen LogP contribution in [-0.4, -0.2) is 37.6 Å². The van der Waals surface area contributed by atoms with Crippen LogP contribution in [0.25, 0.3) is 0 Å². The van der Waals surface area contributed by atoms with Crippen molar-refractivity contribution in [3.63, 3.8) is 0 Å². The third-order valence-electron chi connectivity index (χ3n) is 3.67. The highest BCUT2D eigenvalue weighted by Crippen LogP contribution is 2.30. The van der Waals surface area contributed by atoms with Gasteiger partial charge in [-0.25, -0.2) is 0 Å². The molecule has 0 spiro atoms. The van der Waals surface area contributed by atoms with Gasteiger partial charge in [-0.2, -0.15) is 0 Å². The molecule has 2 rings (SSSR count). The lowest BCUT2D eigenvalue weighted by molar-refractivity contribution is -0.131. The Balaban J connectivity index is 2.07. The van der Waals surface area contributed by atoms with Gasteiger partial charge in [-0.15, -0.1) is 0 Å². The summed E-state index contributed by atoms with van der Waals surface area (Å²) in [6.45, 7) is 5.15. The van der Waals surface area contributed by atoms with Gasteiger partial charge in [0.25, 0.3) is 0 Å². The molecule has 0 atom stereocenters. The number of methoxy groups -OCH3 is 2. The Morgan fingerprint density at radius 2 is 1.90 bits per heavy atom. The van der Waals surface area contributed by atoms with E-state index >= 15 is 0 Å². The standard InChI is InChI=1S/C17H25NO3/c1-12(2)11-18(14-6-7-14)17(19)10-13-5-8-15(20-3)16(9-13)21-4/h5,8-9,12,14H,6-7,10-11H2,1-4H3. The fraction of sp³-hybridized carbons (Fsp3) is 0.588. The second-order valence-corrected chi connectivity index (χ2v) is 6.04. The molecule has 0 saturated heterocycles. The first-order valence-corrected chi connectivity index (χ1v) is 7.55. The second-order valence-electron chi connectivity index (χ2n) is 6.04. The first kappa shape index (κ1) is 15.7. The summed E-state index contributed by atoms with van der Waals surface area (Å²) >= 11 is 0. The lowest BCUT2D eigenvalue weighted by atomic mass is 10.1. The normalized spacial score (nSPS) is 14.1. The van der Waals surface area contributed by atoms with Gasteiger partial charge in [0.15, 0.2) is 11.5 Å². The summed E-state index contributed by atoms with van der Waals surface area (Å²) in [5.74, 6) is 2.07. The molecule has 1 amide bonds. The largest absolute Gasteiger partial charge is 0.493 e. The molecule has 116 valence electrons.